The lowest BCUT2D eigenvalue weighted by Gasteiger charge is -2.37. The van der Waals surface area contributed by atoms with Crippen LogP contribution in [0.3, 0.4) is 0 Å². The lowest BCUT2D eigenvalue weighted by Crippen LogP contribution is -2.47. The molecule has 1 saturated heterocycles. The zero-order valence-electron chi connectivity index (χ0n) is 17.7. The Morgan fingerprint density at radius 3 is 2.53 bits per heavy atom. The Bertz CT molecular complexity index is 1020. The van der Waals surface area contributed by atoms with Gasteiger partial charge in [-0.2, -0.15) is 0 Å². The first-order valence-electron chi connectivity index (χ1n) is 10.4. The molecule has 0 aliphatic carbocycles. The summed E-state index contributed by atoms with van der Waals surface area (Å²) in [5.74, 6) is -0.0305. The highest BCUT2D eigenvalue weighted by molar-refractivity contribution is 6.06. The van der Waals surface area contributed by atoms with Crippen LogP contribution in [0.15, 0.2) is 48.5 Å². The summed E-state index contributed by atoms with van der Waals surface area (Å²) in [7, 11) is 0. The molecule has 2 aromatic rings. The Morgan fingerprint density at radius 2 is 1.87 bits per heavy atom. The van der Waals surface area contributed by atoms with E-state index >= 15 is 0 Å². The molecule has 5 nitrogen and oxygen atoms in total. The first-order chi connectivity index (χ1) is 14.2. The quantitative estimate of drug-likeness (QED) is 0.766. The van der Waals surface area contributed by atoms with Crippen LogP contribution in [-0.2, 0) is 20.6 Å². The third kappa shape index (κ3) is 3.54. The molecular weight excluding hydrogens is 376 g/mol. The number of aliphatic hydroxyl groups is 1. The molecule has 156 valence electrons. The molecule has 2 aliphatic heterocycles. The second-order valence-corrected chi connectivity index (χ2v) is 8.87. The summed E-state index contributed by atoms with van der Waals surface area (Å²) in [5, 5.41) is 13.3. The van der Waals surface area contributed by atoms with Crippen LogP contribution in [0, 0.1) is 6.92 Å². The third-order valence-electron chi connectivity index (χ3n) is 6.45. The van der Waals surface area contributed by atoms with Gasteiger partial charge in [0.15, 0.2) is 0 Å². The number of piperidine rings is 1. The molecule has 0 saturated carbocycles. The van der Waals surface area contributed by atoms with Crippen molar-refractivity contribution < 1.29 is 14.7 Å². The highest BCUT2D eigenvalue weighted by Crippen LogP contribution is 2.46. The Morgan fingerprint density at radius 1 is 1.17 bits per heavy atom. The van der Waals surface area contributed by atoms with Gasteiger partial charge >= 0.3 is 0 Å². The zero-order chi connectivity index (χ0) is 21.5. The fraction of sp³-hybridized carbons (Fsp3) is 0.360. The first kappa shape index (κ1) is 20.4. The fourth-order valence-electron chi connectivity index (χ4n) is 4.46. The maximum Gasteiger partial charge on any atom is 0.246 e. The predicted octanol–water partition coefficient (Wildman–Crippen LogP) is 3.75. The Hall–Kier alpha value is -2.92. The topological polar surface area (TPSA) is 69.6 Å². The number of rotatable bonds is 3. The van der Waals surface area contributed by atoms with E-state index in [1.807, 2.05) is 60.4 Å². The second-order valence-electron chi connectivity index (χ2n) is 8.87. The van der Waals surface area contributed by atoms with Gasteiger partial charge in [-0.05, 0) is 68.0 Å². The minimum atomic E-state index is -0.964. The minimum Gasteiger partial charge on any atom is -0.386 e. The van der Waals surface area contributed by atoms with Crippen LogP contribution in [0.5, 0.6) is 0 Å². The van der Waals surface area contributed by atoms with Gasteiger partial charge in [0.25, 0.3) is 0 Å². The highest BCUT2D eigenvalue weighted by atomic mass is 16.3. The van der Waals surface area contributed by atoms with Gasteiger partial charge in [-0.15, -0.1) is 0 Å². The van der Waals surface area contributed by atoms with Crippen molar-refractivity contribution in [2.75, 3.05) is 18.4 Å². The monoisotopic (exact) mass is 404 g/mol. The zero-order valence-corrected chi connectivity index (χ0v) is 17.7. The number of hydrogen-bond donors (Lipinski definition) is 2. The van der Waals surface area contributed by atoms with Crippen LogP contribution >= 0.6 is 0 Å². The summed E-state index contributed by atoms with van der Waals surface area (Å²) >= 11 is 0. The van der Waals surface area contributed by atoms with E-state index in [4.69, 9.17) is 0 Å². The van der Waals surface area contributed by atoms with Crippen LogP contribution in [-0.4, -0.2) is 34.9 Å². The Labute approximate surface area is 177 Å². The molecule has 1 fully saturated rings. The summed E-state index contributed by atoms with van der Waals surface area (Å²) in [6, 6.07) is 13.7. The van der Waals surface area contributed by atoms with E-state index in [9.17, 15) is 14.7 Å². The molecule has 2 heterocycles. The van der Waals surface area contributed by atoms with E-state index in [1.54, 1.807) is 19.9 Å². The molecular formula is C25H28N2O3. The first-order valence-corrected chi connectivity index (χ1v) is 10.4. The second kappa shape index (κ2) is 7.40. The van der Waals surface area contributed by atoms with Crippen molar-refractivity contribution in [3.8, 4) is 0 Å². The van der Waals surface area contributed by atoms with E-state index in [0.29, 0.717) is 25.9 Å². The van der Waals surface area contributed by atoms with Crippen LogP contribution in [0.4, 0.5) is 5.69 Å². The number of aryl methyl sites for hydroxylation is 1. The van der Waals surface area contributed by atoms with E-state index in [0.717, 1.165) is 27.9 Å². The van der Waals surface area contributed by atoms with Gasteiger partial charge in [-0.1, -0.05) is 36.4 Å². The maximum absolute atomic E-state index is 12.9. The molecule has 1 spiro atoms. The summed E-state index contributed by atoms with van der Waals surface area (Å²) in [4.78, 5) is 27.4. The van der Waals surface area contributed by atoms with Crippen molar-refractivity contribution >= 4 is 23.6 Å². The molecule has 0 unspecified atom stereocenters. The van der Waals surface area contributed by atoms with Crippen LogP contribution in [0.1, 0.15) is 48.9 Å². The molecule has 2 aliphatic rings. The van der Waals surface area contributed by atoms with Crippen LogP contribution in [0.25, 0.3) is 6.08 Å². The van der Waals surface area contributed by atoms with Crippen LogP contribution < -0.4 is 5.32 Å². The normalized spacial score (nSPS) is 18.0. The van der Waals surface area contributed by atoms with Gasteiger partial charge in [0.05, 0.1) is 11.0 Å². The van der Waals surface area contributed by atoms with Crippen molar-refractivity contribution in [3.63, 3.8) is 0 Å². The van der Waals surface area contributed by atoms with Gasteiger partial charge in [-0.25, -0.2) is 0 Å². The third-order valence-corrected chi connectivity index (χ3v) is 6.45. The number of carbonyl (C=O) groups excluding carboxylic acids is 2. The predicted molar refractivity (Wildman–Crippen MR) is 118 cm³/mol. The largest absolute Gasteiger partial charge is 0.386 e. The molecule has 30 heavy (non-hydrogen) atoms. The maximum atomic E-state index is 12.9. The number of fused-ring (bicyclic) bond motifs is 2. The van der Waals surface area contributed by atoms with Crippen LogP contribution in [0.2, 0.25) is 0 Å². The van der Waals surface area contributed by atoms with E-state index in [1.165, 1.54) is 0 Å². The van der Waals surface area contributed by atoms with E-state index < -0.39 is 11.0 Å². The number of nitrogens with zero attached hydrogens (tertiary/aromatic N) is 1. The molecule has 2 aromatic carbocycles. The lowest BCUT2D eigenvalue weighted by atomic mass is 9.73. The number of benzene rings is 2. The molecule has 0 atom stereocenters. The average molecular weight is 405 g/mol. The molecule has 2 N–H and O–H groups in total. The number of anilines is 1. The average Bonchev–Trinajstić information content (AvgIpc) is 2.98. The van der Waals surface area contributed by atoms with Crippen molar-refractivity contribution in [2.24, 2.45) is 0 Å². The van der Waals surface area contributed by atoms with E-state index in [-0.39, 0.29) is 11.8 Å². The summed E-state index contributed by atoms with van der Waals surface area (Å²) < 4.78 is 0. The molecule has 2 amide bonds. The summed E-state index contributed by atoms with van der Waals surface area (Å²) in [6.45, 7) is 6.56. The number of amides is 2. The minimum absolute atomic E-state index is 0.00653. The number of hydrogen-bond acceptors (Lipinski definition) is 3. The highest BCUT2D eigenvalue weighted by Gasteiger charge is 2.49. The molecule has 0 bridgehead atoms. The van der Waals surface area contributed by atoms with Crippen molar-refractivity contribution in [2.45, 2.75) is 44.6 Å². The molecule has 4 rings (SSSR count). The standard InChI is InChI=1S/C25H28N2O3/c1-17-6-4-5-7-18(17)8-11-22(28)27-14-12-25(13-15-27)20-10-9-19(24(2,3)30)16-21(20)26-23(25)29/h4-11,16,30H,12-15H2,1-3H3,(H,26,29)/b11-8+. The van der Waals surface area contributed by atoms with Gasteiger partial charge in [0.1, 0.15) is 0 Å². The van der Waals surface area contributed by atoms with Gasteiger partial charge in [-0.3, -0.25) is 9.59 Å². The summed E-state index contributed by atoms with van der Waals surface area (Å²) in [5.41, 5.74) is 3.13. The molecule has 0 aromatic heterocycles. The Kier molecular flexibility index (Phi) is 5.02. The van der Waals surface area contributed by atoms with Crippen molar-refractivity contribution in [3.05, 3.63) is 70.8 Å². The summed E-state index contributed by atoms with van der Waals surface area (Å²) in [6.07, 6.45) is 4.67. The number of carbonyl (C=O) groups is 2. The number of nitrogens with one attached hydrogen (secondary N) is 1. The van der Waals surface area contributed by atoms with Crippen molar-refractivity contribution in [1.82, 2.24) is 4.90 Å². The fourth-order valence-corrected chi connectivity index (χ4v) is 4.46. The molecule has 5 heteroatoms. The van der Waals surface area contributed by atoms with Gasteiger partial charge in [0.2, 0.25) is 11.8 Å². The smallest absolute Gasteiger partial charge is 0.246 e. The SMILES string of the molecule is Cc1ccccc1/C=C/C(=O)N1CCC2(CC1)C(=O)Nc1cc(C(C)(C)O)ccc12. The molecule has 0 radical (unpaired) electrons. The van der Waals surface area contributed by atoms with Crippen molar-refractivity contribution in [1.29, 1.82) is 0 Å². The van der Waals surface area contributed by atoms with E-state index in [2.05, 4.69) is 5.32 Å². The number of likely N-dealkylation sites (tertiary alicyclic amines) is 1. The lowest BCUT2D eigenvalue weighted by molar-refractivity contribution is -0.131. The van der Waals surface area contributed by atoms with Gasteiger partial charge < -0.3 is 15.3 Å². The van der Waals surface area contributed by atoms with Gasteiger partial charge in [0, 0.05) is 24.9 Å². The Balaban J connectivity index is 1.49.